The number of hydrogen-bond acceptors (Lipinski definition) is 15. The lowest BCUT2D eigenvalue weighted by atomic mass is 9.77. The van der Waals surface area contributed by atoms with Gasteiger partial charge in [0.15, 0.2) is 11.0 Å². The molecule has 0 aromatic heterocycles. The van der Waals surface area contributed by atoms with E-state index in [0.717, 1.165) is 18.4 Å². The Bertz CT molecular complexity index is 2000. The minimum Gasteiger partial charge on any atom is -0.460 e. The fourth-order valence-electron chi connectivity index (χ4n) is 10.8. The maximum Gasteiger partial charge on any atom is 0.329 e. The van der Waals surface area contributed by atoms with Crippen molar-refractivity contribution in [1.82, 2.24) is 4.90 Å². The van der Waals surface area contributed by atoms with Crippen LogP contribution in [0, 0.1) is 35.5 Å². The van der Waals surface area contributed by atoms with E-state index in [4.69, 9.17) is 23.7 Å². The van der Waals surface area contributed by atoms with Crippen molar-refractivity contribution >= 4 is 29.2 Å². The number of aliphatic hydroxyl groups is 2. The number of piperidine rings is 1. The fraction of sp³-hybridized carbons (Fsp3) is 0.750. The minimum absolute atomic E-state index is 0.00176. The van der Waals surface area contributed by atoms with E-state index in [1.54, 1.807) is 41.1 Å². The number of rotatable bonds is 7. The van der Waals surface area contributed by atoms with Gasteiger partial charge >= 0.3 is 11.8 Å². The predicted molar refractivity (Wildman–Crippen MR) is 255 cm³/mol. The number of esters is 1. The predicted octanol–water partition coefficient (Wildman–Crippen LogP) is 6.99. The highest BCUT2D eigenvalue weighted by Gasteiger charge is 2.55. The van der Waals surface area contributed by atoms with Crippen molar-refractivity contribution in [2.45, 2.75) is 180 Å². The van der Waals surface area contributed by atoms with Gasteiger partial charge in [0.05, 0.1) is 18.3 Å². The first-order chi connectivity index (χ1) is 32.8. The van der Waals surface area contributed by atoms with Crippen molar-refractivity contribution in [3.63, 3.8) is 0 Å². The van der Waals surface area contributed by atoms with Crippen LogP contribution >= 0.6 is 0 Å². The fourth-order valence-corrected chi connectivity index (χ4v) is 10.8. The Labute approximate surface area is 408 Å². The number of ether oxygens (including phenoxy) is 5. The number of fused-ring (bicyclic) bond motifs is 3. The lowest BCUT2D eigenvalue weighted by Crippen LogP contribution is -2.62. The van der Waals surface area contributed by atoms with E-state index in [2.05, 4.69) is 15.6 Å². The smallest absolute Gasteiger partial charge is 0.329 e. The van der Waals surface area contributed by atoms with Gasteiger partial charge in [-0.1, -0.05) is 71.1 Å². The van der Waals surface area contributed by atoms with Gasteiger partial charge in [-0.2, -0.15) is 0 Å². The molecule has 2 unspecified atom stereocenters. The summed E-state index contributed by atoms with van der Waals surface area (Å²) in [6, 6.07) is -1.16. The zero-order valence-electron chi connectivity index (χ0n) is 42.7. The maximum atomic E-state index is 14.7. The van der Waals surface area contributed by atoms with Gasteiger partial charge in [-0.25, -0.2) is 4.79 Å². The van der Waals surface area contributed by atoms with Crippen molar-refractivity contribution in [1.29, 1.82) is 0 Å². The van der Waals surface area contributed by atoms with Crippen LogP contribution in [0.25, 0.3) is 0 Å². The number of cyclic esters (lactones) is 1. The summed E-state index contributed by atoms with van der Waals surface area (Å²) in [4.78, 5) is 72.6. The van der Waals surface area contributed by atoms with Crippen molar-refractivity contribution in [3.8, 4) is 0 Å². The quantitative estimate of drug-likeness (QED) is 0.114. The Hall–Kier alpha value is -4.13. The van der Waals surface area contributed by atoms with Crippen LogP contribution in [0.5, 0.6) is 0 Å². The minimum atomic E-state index is -2.85. The van der Waals surface area contributed by atoms with Crippen LogP contribution in [-0.4, -0.2) is 138 Å². The van der Waals surface area contributed by atoms with Crippen molar-refractivity contribution < 1.29 is 62.6 Å². The summed E-state index contributed by atoms with van der Waals surface area (Å²) >= 11 is 0. The highest BCUT2D eigenvalue weighted by molar-refractivity contribution is 6.09. The molecule has 2 N–H and O–H groups in total. The second-order valence-electron chi connectivity index (χ2n) is 20.5. The Morgan fingerprint density at radius 1 is 0.884 bits per heavy atom. The molecule has 0 radical (unpaired) electrons. The molecular weight excluding hydrogens is 887 g/mol. The topological polar surface area (TPSA) is 215 Å². The first kappa shape index (κ1) is 55.8. The molecule has 2 saturated heterocycles. The van der Waals surface area contributed by atoms with Crippen molar-refractivity contribution in [3.05, 3.63) is 47.6 Å². The van der Waals surface area contributed by atoms with E-state index in [1.807, 2.05) is 62.8 Å². The lowest BCUT2D eigenvalue weighted by molar-refractivity contribution is -0.631. The molecule has 17 nitrogen and oxygen atoms in total. The van der Waals surface area contributed by atoms with Gasteiger partial charge in [-0.3, -0.25) is 19.2 Å². The summed E-state index contributed by atoms with van der Waals surface area (Å²) in [5, 5.41) is 35.7. The molecule has 3 fully saturated rings. The first-order valence-corrected chi connectivity index (χ1v) is 25.2. The van der Waals surface area contributed by atoms with E-state index >= 15 is 0 Å². The largest absolute Gasteiger partial charge is 0.460 e. The van der Waals surface area contributed by atoms with E-state index < -0.39 is 77.8 Å². The van der Waals surface area contributed by atoms with Crippen LogP contribution in [0.2, 0.25) is 0 Å². The summed E-state index contributed by atoms with van der Waals surface area (Å²) in [6.07, 6.45) is 12.0. The monoisotopic (exact) mass is 967 g/mol. The lowest BCUT2D eigenvalue weighted by Gasteiger charge is -2.40. The van der Waals surface area contributed by atoms with Crippen LogP contribution < -0.4 is 0 Å². The van der Waals surface area contributed by atoms with Gasteiger partial charge in [0.25, 0.3) is 5.91 Å². The zero-order valence-corrected chi connectivity index (χ0v) is 42.7. The number of aliphatic hydroxyl groups excluding tert-OH is 1. The molecule has 69 heavy (non-hydrogen) atoms. The van der Waals surface area contributed by atoms with Gasteiger partial charge in [-0.15, -0.1) is 4.70 Å². The molecule has 5 rings (SSSR count). The maximum absolute atomic E-state index is 14.7. The van der Waals surface area contributed by atoms with Gasteiger partial charge < -0.3 is 38.8 Å². The Balaban J connectivity index is 1.49. The molecule has 1 saturated carbocycles. The molecule has 0 aromatic rings. The molecule has 1 aliphatic carbocycles. The number of carbonyl (C=O) groups is 5. The van der Waals surface area contributed by atoms with E-state index in [9.17, 15) is 34.2 Å². The molecule has 0 spiro atoms. The number of Topliss-reactive ketones (excluding diaryl/α,β-unsaturated/α-hetero) is 3. The summed E-state index contributed by atoms with van der Waals surface area (Å²) < 4.78 is 31.9. The molecule has 4 aliphatic heterocycles. The third-order valence-corrected chi connectivity index (χ3v) is 15.2. The SMILES string of the molecule is CO[C@H]1C[C@@H]2CC[C@@H](C)C(=O)C(O)(O2)C(=O)N2CCCCC2C(=O)O[C@H]([C@H](C)C[C@@H]2CC[C@@H]([N+]3=NN=NC3)[C@H](OC)C2)CC(=O)[C@H](C)/C=C(\C)[C@@H](O)[C@@H](OC)C(=O)[C@@H](C)C[C@H](C)/C=C/C=C/C=C1C. The first-order valence-electron chi connectivity index (χ1n) is 25.2. The highest BCUT2D eigenvalue weighted by atomic mass is 16.6. The third kappa shape index (κ3) is 14.3. The molecule has 5 aliphatic rings. The third-order valence-electron chi connectivity index (χ3n) is 15.2. The second-order valence-corrected chi connectivity index (χ2v) is 20.5. The highest BCUT2D eigenvalue weighted by Crippen LogP contribution is 2.37. The number of hydrogen-bond donors (Lipinski definition) is 2. The van der Waals surface area contributed by atoms with E-state index in [1.165, 1.54) is 12.0 Å². The summed E-state index contributed by atoms with van der Waals surface area (Å²) in [6.45, 7) is 13.2. The van der Waals surface area contributed by atoms with Crippen LogP contribution in [0.4, 0.5) is 0 Å². The Morgan fingerprint density at radius 3 is 2.32 bits per heavy atom. The molecule has 384 valence electrons. The van der Waals surface area contributed by atoms with Crippen molar-refractivity contribution in [2.75, 3.05) is 34.5 Å². The number of amides is 1. The summed E-state index contributed by atoms with van der Waals surface area (Å²) in [5.41, 5.74) is 1.24. The van der Waals surface area contributed by atoms with Crippen LogP contribution in [-0.2, 0) is 47.7 Å². The average Bonchev–Trinajstić information content (AvgIpc) is 3.85. The van der Waals surface area contributed by atoms with Crippen LogP contribution in [0.3, 0.4) is 0 Å². The van der Waals surface area contributed by atoms with Gasteiger partial charge in [0.2, 0.25) is 17.7 Å². The van der Waals surface area contributed by atoms with Crippen LogP contribution in [0.15, 0.2) is 63.2 Å². The summed E-state index contributed by atoms with van der Waals surface area (Å²) in [7, 11) is 4.62. The zero-order chi connectivity index (χ0) is 50.6. The average molecular weight is 967 g/mol. The molecule has 0 aromatic carbocycles. The normalized spacial score (nSPS) is 38.8. The Kier molecular flexibility index (Phi) is 20.9. The van der Waals surface area contributed by atoms with Crippen LogP contribution in [0.1, 0.15) is 126 Å². The number of nitrogens with zero attached hydrogens (tertiary/aromatic N) is 5. The molecule has 4 heterocycles. The number of methoxy groups -OCH3 is 3. The standard InChI is InChI=1S/C52H80N5O12/c1-31-16-12-11-13-17-32(2)43(65-8)28-39-21-19-33(3)49(61)52(64,69-39)51(63)56-23-15-14-18-41(56)50(62)68-44(35(5)26-38-20-22-40(45(27-38)66-9)57-30-53-54-55-57)29-42(58)34(4)25-37(7)47(60)48(67-10)46(59)36(6)24-31/h11-13,16-17,25,31,33-36,38-41,43-45,47-48,60,64H,14-15,18-24,26-30H2,1-10H3/q+1/b13-11+,16-12+,32-17?,37-25+/t31-,33-,34-,35-,36+,38+,39+,40-,41?,43+,44+,45-,47-,48+,52?/m1/s1. The van der Waals surface area contributed by atoms with Gasteiger partial charge in [0.1, 0.15) is 36.2 Å². The van der Waals surface area contributed by atoms with Gasteiger partial charge in [-0.05, 0) is 112 Å². The van der Waals surface area contributed by atoms with E-state index in [0.29, 0.717) is 57.2 Å². The molecule has 17 heteroatoms. The number of ketones is 3. The van der Waals surface area contributed by atoms with Crippen molar-refractivity contribution in [2.24, 2.45) is 51.1 Å². The molecule has 15 atom stereocenters. The van der Waals surface area contributed by atoms with E-state index in [-0.39, 0.29) is 67.3 Å². The molecular formula is C52H80N5O12+. The summed E-state index contributed by atoms with van der Waals surface area (Å²) in [5.74, 6) is -7.93. The molecule has 2 bridgehead atoms. The number of carbonyl (C=O) groups excluding carboxylic acids is 5. The Morgan fingerprint density at radius 2 is 1.64 bits per heavy atom. The molecule has 1 amide bonds. The number of allylic oxidation sites excluding steroid dienone is 6. The van der Waals surface area contributed by atoms with Gasteiger partial charge in [0, 0.05) is 58.5 Å². The second kappa shape index (κ2) is 25.8.